The van der Waals surface area contributed by atoms with Crippen LogP contribution in [0.5, 0.6) is 11.5 Å². The summed E-state index contributed by atoms with van der Waals surface area (Å²) in [6.07, 6.45) is 1.40. The Labute approximate surface area is 152 Å². The van der Waals surface area contributed by atoms with E-state index in [2.05, 4.69) is 10.6 Å². The Morgan fingerprint density at radius 3 is 2.50 bits per heavy atom. The summed E-state index contributed by atoms with van der Waals surface area (Å²) in [5, 5.41) is 5.35. The van der Waals surface area contributed by atoms with Crippen molar-refractivity contribution in [2.75, 3.05) is 19.8 Å². The van der Waals surface area contributed by atoms with Crippen molar-refractivity contribution >= 4 is 11.8 Å². The van der Waals surface area contributed by atoms with Crippen LogP contribution in [0.2, 0.25) is 0 Å². The molecule has 2 rings (SSSR count). The number of hydrogen-bond donors (Lipinski definition) is 2. The molecule has 1 aromatic heterocycles. The normalized spacial score (nSPS) is 11.5. The molecule has 2 N–H and O–H groups in total. The van der Waals surface area contributed by atoms with E-state index in [4.69, 9.17) is 13.9 Å². The van der Waals surface area contributed by atoms with Crippen LogP contribution in [0, 0.1) is 0 Å². The van der Waals surface area contributed by atoms with Crippen LogP contribution in [-0.4, -0.2) is 31.6 Å². The summed E-state index contributed by atoms with van der Waals surface area (Å²) in [6.45, 7) is 6.58. The molecule has 0 aliphatic carbocycles. The average Bonchev–Trinajstić information content (AvgIpc) is 3.16. The first-order valence-electron chi connectivity index (χ1n) is 8.55. The first-order chi connectivity index (χ1) is 12.5. The van der Waals surface area contributed by atoms with Crippen molar-refractivity contribution in [3.63, 3.8) is 0 Å². The van der Waals surface area contributed by atoms with E-state index in [9.17, 15) is 9.59 Å². The van der Waals surface area contributed by atoms with Crippen LogP contribution in [0.25, 0.3) is 0 Å². The van der Waals surface area contributed by atoms with Gasteiger partial charge in [-0.1, -0.05) is 6.07 Å². The molecule has 0 fully saturated rings. The Balaban J connectivity index is 1.93. The molecule has 7 nitrogen and oxygen atoms in total. The second-order valence-corrected chi connectivity index (χ2v) is 5.52. The lowest BCUT2D eigenvalue weighted by atomic mass is 10.1. The number of carbonyl (C=O) groups is 2. The molecule has 7 heteroatoms. The van der Waals surface area contributed by atoms with Gasteiger partial charge in [0.1, 0.15) is 0 Å². The fourth-order valence-corrected chi connectivity index (χ4v) is 2.37. The van der Waals surface area contributed by atoms with Gasteiger partial charge >= 0.3 is 0 Å². The first-order valence-corrected chi connectivity index (χ1v) is 8.55. The minimum Gasteiger partial charge on any atom is -0.490 e. The standard InChI is InChI=1S/C19H24N2O5/c1-4-24-15-9-8-14(11-17(15)25-5-2)13(3)21-18(22)12-20-19(23)16-7-6-10-26-16/h6-11,13H,4-5,12H2,1-3H3,(H,20,23)(H,21,22)/t13-/m0/s1. The zero-order chi connectivity index (χ0) is 18.9. The predicted octanol–water partition coefficient (Wildman–Crippen LogP) is 2.68. The van der Waals surface area contributed by atoms with Crippen LogP contribution in [0.4, 0.5) is 0 Å². The fraction of sp³-hybridized carbons (Fsp3) is 0.368. The van der Waals surface area contributed by atoms with E-state index in [-0.39, 0.29) is 24.3 Å². The summed E-state index contributed by atoms with van der Waals surface area (Å²) in [5.41, 5.74) is 0.877. The summed E-state index contributed by atoms with van der Waals surface area (Å²) >= 11 is 0. The minimum atomic E-state index is -0.433. The zero-order valence-electron chi connectivity index (χ0n) is 15.2. The number of hydrogen-bond acceptors (Lipinski definition) is 5. The SMILES string of the molecule is CCOc1ccc([C@H](C)NC(=O)CNC(=O)c2ccco2)cc1OCC. The van der Waals surface area contributed by atoms with Crippen molar-refractivity contribution in [3.8, 4) is 11.5 Å². The number of furan rings is 1. The van der Waals surface area contributed by atoms with E-state index in [1.54, 1.807) is 6.07 Å². The Kier molecular flexibility index (Phi) is 7.08. The van der Waals surface area contributed by atoms with Gasteiger partial charge in [0.15, 0.2) is 17.3 Å². The molecule has 1 heterocycles. The van der Waals surface area contributed by atoms with E-state index >= 15 is 0 Å². The highest BCUT2D eigenvalue weighted by atomic mass is 16.5. The summed E-state index contributed by atoms with van der Waals surface area (Å²) in [6, 6.07) is 8.44. The maximum atomic E-state index is 12.1. The molecule has 1 aromatic carbocycles. The van der Waals surface area contributed by atoms with Gasteiger partial charge in [0.2, 0.25) is 5.91 Å². The molecule has 0 saturated carbocycles. The van der Waals surface area contributed by atoms with Crippen molar-refractivity contribution in [2.24, 2.45) is 0 Å². The monoisotopic (exact) mass is 360 g/mol. The van der Waals surface area contributed by atoms with E-state index in [0.29, 0.717) is 24.7 Å². The molecule has 0 aliphatic heterocycles. The molecular weight excluding hydrogens is 336 g/mol. The van der Waals surface area contributed by atoms with Crippen LogP contribution in [0.3, 0.4) is 0 Å². The number of ether oxygens (including phenoxy) is 2. The highest BCUT2D eigenvalue weighted by molar-refractivity contribution is 5.94. The molecule has 0 spiro atoms. The summed E-state index contributed by atoms with van der Waals surface area (Å²) in [5.74, 6) is 0.738. The third-order valence-corrected chi connectivity index (χ3v) is 3.60. The molecule has 140 valence electrons. The van der Waals surface area contributed by atoms with E-state index in [0.717, 1.165) is 5.56 Å². The van der Waals surface area contributed by atoms with Gasteiger partial charge in [-0.15, -0.1) is 0 Å². The summed E-state index contributed by atoms with van der Waals surface area (Å²) in [4.78, 5) is 23.8. The highest BCUT2D eigenvalue weighted by Gasteiger charge is 2.15. The van der Waals surface area contributed by atoms with Crippen molar-refractivity contribution in [2.45, 2.75) is 26.8 Å². The number of benzene rings is 1. The van der Waals surface area contributed by atoms with Crippen molar-refractivity contribution in [1.29, 1.82) is 0 Å². The second-order valence-electron chi connectivity index (χ2n) is 5.52. The van der Waals surface area contributed by atoms with Crippen molar-refractivity contribution in [1.82, 2.24) is 10.6 Å². The van der Waals surface area contributed by atoms with Crippen molar-refractivity contribution in [3.05, 3.63) is 47.9 Å². The third kappa shape index (κ3) is 5.27. The first kappa shape index (κ1) is 19.4. The molecule has 2 aromatic rings. The lowest BCUT2D eigenvalue weighted by Crippen LogP contribution is -2.37. The van der Waals surface area contributed by atoms with Crippen LogP contribution in [0.15, 0.2) is 41.0 Å². The molecule has 1 atom stereocenters. The molecule has 0 radical (unpaired) electrons. The second kappa shape index (κ2) is 9.50. The third-order valence-electron chi connectivity index (χ3n) is 3.60. The minimum absolute atomic E-state index is 0.140. The molecule has 2 amide bonds. The fourth-order valence-electron chi connectivity index (χ4n) is 2.37. The van der Waals surface area contributed by atoms with E-state index < -0.39 is 5.91 Å². The van der Waals surface area contributed by atoms with Gasteiger partial charge < -0.3 is 24.5 Å². The Morgan fingerprint density at radius 2 is 1.85 bits per heavy atom. The number of nitrogens with one attached hydrogen (secondary N) is 2. The van der Waals surface area contributed by atoms with E-state index in [1.807, 2.05) is 39.0 Å². The van der Waals surface area contributed by atoms with Gasteiger partial charge in [-0.05, 0) is 50.6 Å². The van der Waals surface area contributed by atoms with Crippen LogP contribution in [-0.2, 0) is 4.79 Å². The zero-order valence-corrected chi connectivity index (χ0v) is 15.2. The van der Waals surface area contributed by atoms with Crippen LogP contribution in [0.1, 0.15) is 42.9 Å². The van der Waals surface area contributed by atoms with Gasteiger partial charge in [-0.3, -0.25) is 9.59 Å². The summed E-state index contributed by atoms with van der Waals surface area (Å²) in [7, 11) is 0. The number of carbonyl (C=O) groups excluding carboxylic acids is 2. The van der Waals surface area contributed by atoms with Crippen LogP contribution >= 0.6 is 0 Å². The highest BCUT2D eigenvalue weighted by Crippen LogP contribution is 2.30. The van der Waals surface area contributed by atoms with Crippen molar-refractivity contribution < 1.29 is 23.5 Å². The number of rotatable bonds is 9. The molecule has 0 unspecified atom stereocenters. The smallest absolute Gasteiger partial charge is 0.287 e. The van der Waals surface area contributed by atoms with Crippen LogP contribution < -0.4 is 20.1 Å². The molecular formula is C19H24N2O5. The molecule has 0 aliphatic rings. The lowest BCUT2D eigenvalue weighted by Gasteiger charge is -2.17. The van der Waals surface area contributed by atoms with Gasteiger partial charge in [0.05, 0.1) is 32.1 Å². The Morgan fingerprint density at radius 1 is 1.12 bits per heavy atom. The van der Waals surface area contributed by atoms with Gasteiger partial charge in [-0.25, -0.2) is 0 Å². The van der Waals surface area contributed by atoms with Gasteiger partial charge in [-0.2, -0.15) is 0 Å². The van der Waals surface area contributed by atoms with Gasteiger partial charge in [0, 0.05) is 0 Å². The Hall–Kier alpha value is -2.96. The number of amides is 2. The molecule has 0 bridgehead atoms. The summed E-state index contributed by atoms with van der Waals surface area (Å²) < 4.78 is 16.1. The lowest BCUT2D eigenvalue weighted by molar-refractivity contribution is -0.120. The quantitative estimate of drug-likeness (QED) is 0.718. The average molecular weight is 360 g/mol. The predicted molar refractivity (Wildman–Crippen MR) is 96.4 cm³/mol. The van der Waals surface area contributed by atoms with Gasteiger partial charge in [0.25, 0.3) is 5.91 Å². The topological polar surface area (TPSA) is 89.8 Å². The maximum absolute atomic E-state index is 12.1. The molecule has 26 heavy (non-hydrogen) atoms. The largest absolute Gasteiger partial charge is 0.490 e. The van der Waals surface area contributed by atoms with E-state index in [1.165, 1.54) is 12.3 Å². The molecule has 0 saturated heterocycles. The maximum Gasteiger partial charge on any atom is 0.287 e. The Bertz CT molecular complexity index is 728.